The molecule has 0 heterocycles. The molecule has 0 atom stereocenters. The third-order valence-corrected chi connectivity index (χ3v) is 2.84. The molecule has 1 aromatic rings. The van der Waals surface area contributed by atoms with E-state index in [9.17, 15) is 28.0 Å². The predicted octanol–water partition coefficient (Wildman–Crippen LogP) is 5.25. The van der Waals surface area contributed by atoms with E-state index in [-0.39, 0.29) is 4.90 Å². The molecular formula is C18H21F3N2O4. The van der Waals surface area contributed by atoms with Crippen molar-refractivity contribution in [2.45, 2.75) is 58.9 Å². The molecule has 0 spiro atoms. The molecule has 0 aliphatic rings. The van der Waals surface area contributed by atoms with Crippen LogP contribution in [0.3, 0.4) is 0 Å². The number of halogens is 3. The Bertz CT molecular complexity index is 741. The van der Waals surface area contributed by atoms with Crippen molar-refractivity contribution in [2.75, 3.05) is 4.90 Å². The zero-order valence-corrected chi connectivity index (χ0v) is 15.9. The number of nitriles is 1. The van der Waals surface area contributed by atoms with Crippen LogP contribution in [-0.2, 0) is 15.7 Å². The smallest absolute Gasteiger partial charge is 0.424 e. The van der Waals surface area contributed by atoms with Crippen LogP contribution >= 0.6 is 0 Å². The van der Waals surface area contributed by atoms with Gasteiger partial charge in [-0.2, -0.15) is 23.3 Å². The molecule has 0 saturated carbocycles. The van der Waals surface area contributed by atoms with E-state index in [2.05, 4.69) is 0 Å². The van der Waals surface area contributed by atoms with Gasteiger partial charge < -0.3 is 9.47 Å². The minimum Gasteiger partial charge on any atom is -0.443 e. The number of carbonyl (C=O) groups excluding carboxylic acids is 2. The summed E-state index contributed by atoms with van der Waals surface area (Å²) in [6.07, 6.45) is -7.69. The molecule has 0 aromatic heterocycles. The van der Waals surface area contributed by atoms with Gasteiger partial charge in [0.1, 0.15) is 17.3 Å². The van der Waals surface area contributed by atoms with Gasteiger partial charge in [-0.1, -0.05) is 6.07 Å². The Hall–Kier alpha value is -2.76. The number of hydrogen-bond donors (Lipinski definition) is 0. The Morgan fingerprint density at radius 1 is 0.963 bits per heavy atom. The topological polar surface area (TPSA) is 79.6 Å². The highest BCUT2D eigenvalue weighted by Gasteiger charge is 2.42. The summed E-state index contributed by atoms with van der Waals surface area (Å²) in [5.41, 5.74) is -5.00. The number of hydrogen-bond acceptors (Lipinski definition) is 5. The summed E-state index contributed by atoms with van der Waals surface area (Å²) in [6.45, 7) is 8.91. The average Bonchev–Trinajstić information content (AvgIpc) is 2.42. The molecule has 1 rings (SSSR count). The van der Waals surface area contributed by atoms with Crippen LogP contribution in [-0.4, -0.2) is 23.4 Å². The standard InChI is InChI=1S/C18H21F3N2O4/c1-16(2,3)26-14(24)23(15(25)27-17(4,5)6)13-11(10-22)8-7-9-12(13)18(19,20)21/h7-9H,1-6H3. The van der Waals surface area contributed by atoms with E-state index in [1.165, 1.54) is 41.5 Å². The van der Waals surface area contributed by atoms with Crippen LogP contribution in [0.1, 0.15) is 52.7 Å². The Balaban J connectivity index is 3.68. The molecule has 0 radical (unpaired) electrons. The number of anilines is 1. The fraction of sp³-hybridized carbons (Fsp3) is 0.500. The van der Waals surface area contributed by atoms with Crippen molar-refractivity contribution in [3.63, 3.8) is 0 Å². The molecule has 27 heavy (non-hydrogen) atoms. The molecule has 148 valence electrons. The summed E-state index contributed by atoms with van der Waals surface area (Å²) in [6, 6.07) is 4.30. The molecule has 6 nitrogen and oxygen atoms in total. The lowest BCUT2D eigenvalue weighted by Crippen LogP contribution is -2.45. The van der Waals surface area contributed by atoms with Gasteiger partial charge in [0.05, 0.1) is 16.8 Å². The number of ether oxygens (including phenoxy) is 2. The molecule has 9 heteroatoms. The lowest BCUT2D eigenvalue weighted by Gasteiger charge is -2.30. The molecule has 0 saturated heterocycles. The zero-order valence-electron chi connectivity index (χ0n) is 15.9. The van der Waals surface area contributed by atoms with Crippen molar-refractivity contribution in [2.24, 2.45) is 0 Å². The highest BCUT2D eigenvalue weighted by Crippen LogP contribution is 2.39. The van der Waals surface area contributed by atoms with E-state index < -0.39 is 46.4 Å². The minimum absolute atomic E-state index is 0.109. The van der Waals surface area contributed by atoms with Crippen LogP contribution in [0, 0.1) is 11.3 Å². The predicted molar refractivity (Wildman–Crippen MR) is 91.1 cm³/mol. The van der Waals surface area contributed by atoms with Crippen LogP contribution in [0.2, 0.25) is 0 Å². The molecule has 0 fully saturated rings. The van der Waals surface area contributed by atoms with Crippen molar-refractivity contribution < 1.29 is 32.2 Å². The molecule has 0 N–H and O–H groups in total. The number of alkyl halides is 3. The molecule has 0 bridgehead atoms. The number of carbonyl (C=O) groups is 2. The lowest BCUT2D eigenvalue weighted by molar-refractivity contribution is -0.137. The fourth-order valence-electron chi connectivity index (χ4n) is 1.98. The summed E-state index contributed by atoms with van der Waals surface area (Å²) in [7, 11) is 0. The second-order valence-electron chi connectivity index (χ2n) is 7.61. The van der Waals surface area contributed by atoms with Gasteiger partial charge in [-0.05, 0) is 53.7 Å². The first-order valence-corrected chi connectivity index (χ1v) is 7.93. The van der Waals surface area contributed by atoms with Gasteiger partial charge in [0.15, 0.2) is 0 Å². The van der Waals surface area contributed by atoms with Gasteiger partial charge in [-0.15, -0.1) is 0 Å². The van der Waals surface area contributed by atoms with Gasteiger partial charge in [0.2, 0.25) is 0 Å². The normalized spacial score (nSPS) is 12.1. The first-order chi connectivity index (χ1) is 12.1. The van der Waals surface area contributed by atoms with Crippen molar-refractivity contribution in [1.29, 1.82) is 5.26 Å². The minimum atomic E-state index is -4.93. The summed E-state index contributed by atoms with van der Waals surface area (Å²) in [4.78, 5) is 25.2. The number of para-hydroxylation sites is 1. The number of amides is 2. The van der Waals surface area contributed by atoms with Gasteiger partial charge in [0.25, 0.3) is 0 Å². The maximum absolute atomic E-state index is 13.5. The molecule has 0 aliphatic carbocycles. The quantitative estimate of drug-likeness (QED) is 0.658. The lowest BCUT2D eigenvalue weighted by atomic mass is 10.1. The largest absolute Gasteiger partial charge is 0.443 e. The van der Waals surface area contributed by atoms with Crippen molar-refractivity contribution >= 4 is 17.9 Å². The highest BCUT2D eigenvalue weighted by molar-refractivity contribution is 6.11. The molecule has 0 unspecified atom stereocenters. The second kappa shape index (κ2) is 7.47. The first-order valence-electron chi connectivity index (χ1n) is 7.93. The van der Waals surface area contributed by atoms with Crippen LogP contribution < -0.4 is 4.90 Å². The van der Waals surface area contributed by atoms with E-state index in [4.69, 9.17) is 9.47 Å². The SMILES string of the molecule is CC(C)(C)OC(=O)N(C(=O)OC(C)(C)C)c1c(C#N)cccc1C(F)(F)F. The summed E-state index contributed by atoms with van der Waals surface area (Å²) in [5.74, 6) is 0. The van der Waals surface area contributed by atoms with E-state index in [0.717, 1.165) is 12.1 Å². The first kappa shape index (κ1) is 22.3. The Morgan fingerprint density at radius 3 is 1.74 bits per heavy atom. The number of benzene rings is 1. The number of nitrogens with zero attached hydrogens (tertiary/aromatic N) is 2. The van der Waals surface area contributed by atoms with E-state index in [1.807, 2.05) is 0 Å². The molecule has 1 aromatic carbocycles. The van der Waals surface area contributed by atoms with Crippen LogP contribution in [0.25, 0.3) is 0 Å². The fourth-order valence-corrected chi connectivity index (χ4v) is 1.98. The second-order valence-corrected chi connectivity index (χ2v) is 7.61. The van der Waals surface area contributed by atoms with Crippen molar-refractivity contribution in [3.8, 4) is 6.07 Å². The maximum Gasteiger partial charge on any atom is 0.424 e. The van der Waals surface area contributed by atoms with Crippen molar-refractivity contribution in [3.05, 3.63) is 29.3 Å². The summed E-state index contributed by atoms with van der Waals surface area (Å²) in [5, 5.41) is 9.24. The molecule has 0 aliphatic heterocycles. The molecule has 2 amide bonds. The van der Waals surface area contributed by atoms with Crippen LogP contribution in [0.5, 0.6) is 0 Å². The number of rotatable bonds is 1. The van der Waals surface area contributed by atoms with E-state index in [1.54, 1.807) is 6.07 Å². The number of imide groups is 1. The van der Waals surface area contributed by atoms with Crippen LogP contribution in [0.15, 0.2) is 18.2 Å². The van der Waals surface area contributed by atoms with E-state index in [0.29, 0.717) is 6.07 Å². The van der Waals surface area contributed by atoms with Crippen LogP contribution in [0.4, 0.5) is 28.4 Å². The maximum atomic E-state index is 13.5. The van der Waals surface area contributed by atoms with Gasteiger partial charge in [-0.3, -0.25) is 0 Å². The van der Waals surface area contributed by atoms with Gasteiger partial charge in [-0.25, -0.2) is 9.59 Å². The summed E-state index contributed by atoms with van der Waals surface area (Å²) < 4.78 is 50.6. The van der Waals surface area contributed by atoms with Gasteiger partial charge >= 0.3 is 18.4 Å². The highest BCUT2D eigenvalue weighted by atomic mass is 19.4. The Kier molecular flexibility index (Phi) is 6.16. The monoisotopic (exact) mass is 386 g/mol. The third-order valence-electron chi connectivity index (χ3n) is 2.84. The Morgan fingerprint density at radius 2 is 1.41 bits per heavy atom. The van der Waals surface area contributed by atoms with Gasteiger partial charge in [0, 0.05) is 0 Å². The van der Waals surface area contributed by atoms with E-state index >= 15 is 0 Å². The summed E-state index contributed by atoms with van der Waals surface area (Å²) >= 11 is 0. The Labute approximate surface area is 155 Å². The third kappa shape index (κ3) is 6.16. The zero-order chi connectivity index (χ0) is 21.2. The van der Waals surface area contributed by atoms with Crippen molar-refractivity contribution in [1.82, 2.24) is 0 Å². The average molecular weight is 386 g/mol. The molecular weight excluding hydrogens is 365 g/mol.